The molecule has 1 N–H and O–H groups in total. The molecule has 0 unspecified atom stereocenters. The van der Waals surface area contributed by atoms with Crippen LogP contribution in [0.3, 0.4) is 0 Å². The van der Waals surface area contributed by atoms with Gasteiger partial charge in [0.05, 0.1) is 0 Å². The van der Waals surface area contributed by atoms with E-state index in [1.54, 1.807) is 0 Å². The molecule has 1 heterocycles. The average Bonchev–Trinajstić information content (AvgIpc) is 3.04. The summed E-state index contributed by atoms with van der Waals surface area (Å²) in [6.45, 7) is 0.561. The molecule has 0 aliphatic heterocycles. The van der Waals surface area contributed by atoms with Crippen LogP contribution in [0.1, 0.15) is 18.4 Å². The summed E-state index contributed by atoms with van der Waals surface area (Å²) >= 11 is 0. The van der Waals surface area contributed by atoms with Gasteiger partial charge in [-0.05, 0) is 30.5 Å². The zero-order valence-corrected chi connectivity index (χ0v) is 8.77. The Morgan fingerprint density at radius 2 is 2.38 bits per heavy atom. The van der Waals surface area contributed by atoms with Crippen LogP contribution < -0.4 is 5.32 Å². The lowest BCUT2D eigenvalue weighted by atomic mass is 10.2. The number of carbonyl (C=O) groups is 1. The van der Waals surface area contributed by atoms with Crippen molar-refractivity contribution < 1.29 is 9.21 Å². The molecule has 3 rings (SSSR count). The molecular formula is C12H12N2O2. The van der Waals surface area contributed by atoms with Gasteiger partial charge in [0.15, 0.2) is 12.0 Å². The lowest BCUT2D eigenvalue weighted by Crippen LogP contribution is -2.24. The number of amides is 1. The number of hydrogen-bond donors (Lipinski definition) is 1. The van der Waals surface area contributed by atoms with Gasteiger partial charge in [-0.1, -0.05) is 6.07 Å². The summed E-state index contributed by atoms with van der Waals surface area (Å²) in [7, 11) is 0. The number of benzene rings is 1. The Morgan fingerprint density at radius 1 is 1.50 bits per heavy atom. The van der Waals surface area contributed by atoms with Gasteiger partial charge in [-0.15, -0.1) is 0 Å². The summed E-state index contributed by atoms with van der Waals surface area (Å²) < 4.78 is 5.20. The molecule has 1 amide bonds. The van der Waals surface area contributed by atoms with Gasteiger partial charge >= 0.3 is 0 Å². The molecule has 0 atom stereocenters. The maximum Gasteiger partial charge on any atom is 0.223 e. The first-order valence-electron chi connectivity index (χ1n) is 5.43. The number of aromatic nitrogens is 1. The quantitative estimate of drug-likeness (QED) is 0.851. The Labute approximate surface area is 92.7 Å². The maximum absolute atomic E-state index is 11.4. The monoisotopic (exact) mass is 216 g/mol. The highest BCUT2D eigenvalue weighted by Gasteiger charge is 2.29. The molecule has 4 nitrogen and oxygen atoms in total. The molecular weight excluding hydrogens is 204 g/mol. The van der Waals surface area contributed by atoms with Crippen molar-refractivity contribution in [3.8, 4) is 0 Å². The van der Waals surface area contributed by atoms with Gasteiger partial charge in [0.25, 0.3) is 0 Å². The van der Waals surface area contributed by atoms with Crippen molar-refractivity contribution in [3.05, 3.63) is 30.2 Å². The van der Waals surface area contributed by atoms with Crippen LogP contribution >= 0.6 is 0 Å². The number of oxazole rings is 1. The maximum atomic E-state index is 11.4. The van der Waals surface area contributed by atoms with Gasteiger partial charge in [0.2, 0.25) is 5.91 Å². The normalized spacial score (nSPS) is 15.2. The molecule has 0 saturated heterocycles. The highest BCUT2D eigenvalue weighted by Crippen LogP contribution is 2.28. The van der Waals surface area contributed by atoms with Crippen molar-refractivity contribution in [2.45, 2.75) is 19.4 Å². The summed E-state index contributed by atoms with van der Waals surface area (Å²) in [6, 6.07) is 5.77. The Balaban J connectivity index is 1.70. The lowest BCUT2D eigenvalue weighted by Gasteiger charge is -2.03. The van der Waals surface area contributed by atoms with Crippen LogP contribution in [-0.4, -0.2) is 10.9 Å². The van der Waals surface area contributed by atoms with Crippen LogP contribution in [0, 0.1) is 5.92 Å². The van der Waals surface area contributed by atoms with E-state index in [-0.39, 0.29) is 11.8 Å². The molecule has 82 valence electrons. The minimum atomic E-state index is 0.165. The Bertz CT molecular complexity index is 529. The van der Waals surface area contributed by atoms with Crippen molar-refractivity contribution in [3.63, 3.8) is 0 Å². The average molecular weight is 216 g/mol. The topological polar surface area (TPSA) is 55.1 Å². The second-order valence-electron chi connectivity index (χ2n) is 4.15. The SMILES string of the molecule is O=C(NCc1ccc2ncoc2c1)C1CC1. The third-order valence-electron chi connectivity index (χ3n) is 2.81. The van der Waals surface area contributed by atoms with Gasteiger partial charge in [0.1, 0.15) is 5.52 Å². The Kier molecular flexibility index (Phi) is 2.13. The lowest BCUT2D eigenvalue weighted by molar-refractivity contribution is -0.122. The minimum Gasteiger partial charge on any atom is -0.443 e. The predicted octanol–water partition coefficient (Wildman–Crippen LogP) is 1.85. The number of rotatable bonds is 3. The van der Waals surface area contributed by atoms with E-state index in [2.05, 4.69) is 10.3 Å². The van der Waals surface area contributed by atoms with Crippen LogP contribution in [0.2, 0.25) is 0 Å². The fraction of sp³-hybridized carbons (Fsp3) is 0.333. The Morgan fingerprint density at radius 3 is 3.19 bits per heavy atom. The molecule has 1 aromatic carbocycles. The van der Waals surface area contributed by atoms with E-state index < -0.39 is 0 Å². The number of nitrogens with one attached hydrogen (secondary N) is 1. The van der Waals surface area contributed by atoms with E-state index in [1.807, 2.05) is 18.2 Å². The van der Waals surface area contributed by atoms with E-state index in [9.17, 15) is 4.79 Å². The fourth-order valence-corrected chi connectivity index (χ4v) is 1.69. The van der Waals surface area contributed by atoms with Gasteiger partial charge < -0.3 is 9.73 Å². The van der Waals surface area contributed by atoms with E-state index >= 15 is 0 Å². The molecule has 0 bridgehead atoms. The molecule has 2 aromatic rings. The third-order valence-corrected chi connectivity index (χ3v) is 2.81. The molecule has 1 aliphatic rings. The van der Waals surface area contributed by atoms with Crippen LogP contribution in [-0.2, 0) is 11.3 Å². The highest BCUT2D eigenvalue weighted by atomic mass is 16.3. The molecule has 0 radical (unpaired) electrons. The second-order valence-corrected chi connectivity index (χ2v) is 4.15. The molecule has 1 aromatic heterocycles. The molecule has 1 aliphatic carbocycles. The van der Waals surface area contributed by atoms with E-state index in [4.69, 9.17) is 4.42 Å². The number of carbonyl (C=O) groups excluding carboxylic acids is 1. The summed E-state index contributed by atoms with van der Waals surface area (Å²) in [5.74, 6) is 0.423. The molecule has 1 fully saturated rings. The Hall–Kier alpha value is -1.84. The first-order chi connectivity index (χ1) is 7.83. The van der Waals surface area contributed by atoms with Gasteiger partial charge in [-0.25, -0.2) is 4.98 Å². The van der Waals surface area contributed by atoms with Gasteiger partial charge in [-0.3, -0.25) is 4.79 Å². The van der Waals surface area contributed by atoms with Crippen LogP contribution in [0.15, 0.2) is 29.0 Å². The second kappa shape index (κ2) is 3.63. The smallest absolute Gasteiger partial charge is 0.223 e. The zero-order chi connectivity index (χ0) is 11.0. The van der Waals surface area contributed by atoms with Gasteiger partial charge in [0, 0.05) is 12.5 Å². The summed E-state index contributed by atoms with van der Waals surface area (Å²) in [4.78, 5) is 15.5. The van der Waals surface area contributed by atoms with Crippen molar-refractivity contribution in [2.75, 3.05) is 0 Å². The van der Waals surface area contributed by atoms with Crippen molar-refractivity contribution in [1.29, 1.82) is 0 Å². The van der Waals surface area contributed by atoms with E-state index in [0.29, 0.717) is 6.54 Å². The van der Waals surface area contributed by atoms with Crippen molar-refractivity contribution in [1.82, 2.24) is 10.3 Å². The summed E-state index contributed by atoms with van der Waals surface area (Å²) in [6.07, 6.45) is 3.50. The van der Waals surface area contributed by atoms with Crippen LogP contribution in [0.4, 0.5) is 0 Å². The summed E-state index contributed by atoms with van der Waals surface area (Å²) in [5.41, 5.74) is 2.65. The third kappa shape index (κ3) is 1.78. The minimum absolute atomic E-state index is 0.165. The molecule has 0 spiro atoms. The van der Waals surface area contributed by atoms with Crippen LogP contribution in [0.25, 0.3) is 11.1 Å². The van der Waals surface area contributed by atoms with E-state index in [0.717, 1.165) is 29.5 Å². The van der Waals surface area contributed by atoms with E-state index in [1.165, 1.54) is 6.39 Å². The highest BCUT2D eigenvalue weighted by molar-refractivity contribution is 5.81. The largest absolute Gasteiger partial charge is 0.443 e. The first kappa shape index (κ1) is 9.39. The number of nitrogens with zero attached hydrogens (tertiary/aromatic N) is 1. The first-order valence-corrected chi connectivity index (χ1v) is 5.43. The standard InChI is InChI=1S/C12H12N2O2/c15-12(9-2-3-9)13-6-8-1-4-10-11(5-8)16-7-14-10/h1,4-5,7,9H,2-3,6H2,(H,13,15). The summed E-state index contributed by atoms with van der Waals surface area (Å²) in [5, 5.41) is 2.92. The van der Waals surface area contributed by atoms with Crippen LogP contribution in [0.5, 0.6) is 0 Å². The zero-order valence-electron chi connectivity index (χ0n) is 8.77. The van der Waals surface area contributed by atoms with Crippen molar-refractivity contribution in [2.24, 2.45) is 5.92 Å². The number of fused-ring (bicyclic) bond motifs is 1. The number of hydrogen-bond acceptors (Lipinski definition) is 3. The molecule has 16 heavy (non-hydrogen) atoms. The fourth-order valence-electron chi connectivity index (χ4n) is 1.69. The van der Waals surface area contributed by atoms with Crippen molar-refractivity contribution >= 4 is 17.0 Å². The molecule has 1 saturated carbocycles. The van der Waals surface area contributed by atoms with Gasteiger partial charge in [-0.2, -0.15) is 0 Å². The molecule has 4 heteroatoms. The predicted molar refractivity (Wildman–Crippen MR) is 58.6 cm³/mol.